The Labute approximate surface area is 127 Å². The first kappa shape index (κ1) is 15.3. The zero-order valence-electron chi connectivity index (χ0n) is 11.8. The van der Waals surface area contributed by atoms with Crippen LogP contribution in [0, 0.1) is 0 Å². The third kappa shape index (κ3) is 4.17. The van der Waals surface area contributed by atoms with E-state index in [9.17, 15) is 4.79 Å². The van der Waals surface area contributed by atoms with E-state index in [1.54, 1.807) is 24.4 Å². The lowest BCUT2D eigenvalue weighted by molar-refractivity contribution is -0.116. The van der Waals surface area contributed by atoms with Crippen molar-refractivity contribution in [3.63, 3.8) is 0 Å². The molecule has 0 fully saturated rings. The number of carbonyl (C=O) groups is 1. The molecule has 2 N–H and O–H groups in total. The fraction of sp³-hybridized carbons (Fsp3) is 0.308. The summed E-state index contributed by atoms with van der Waals surface area (Å²) >= 11 is 5.91. The van der Waals surface area contributed by atoms with Crippen LogP contribution in [-0.4, -0.2) is 35.1 Å². The molecule has 0 aliphatic rings. The number of halogens is 1. The molecule has 1 heterocycles. The number of methoxy groups -OCH3 is 1. The molecule has 0 saturated carbocycles. The smallest absolute Gasteiger partial charge is 0.246 e. The molecule has 112 valence electrons. The largest absolute Gasteiger partial charge is 0.495 e. The van der Waals surface area contributed by atoms with Crippen molar-refractivity contribution in [2.24, 2.45) is 0 Å². The minimum absolute atomic E-state index is 0.0619. The second kappa shape index (κ2) is 7.05. The molecule has 2 rings (SSSR count). The molecule has 0 unspecified atom stereocenters. The molecule has 0 aliphatic heterocycles. The van der Waals surface area contributed by atoms with Gasteiger partial charge in [0, 0.05) is 11.6 Å². The van der Waals surface area contributed by atoms with E-state index in [1.807, 2.05) is 7.05 Å². The molecular formula is C13H16ClN5O2. The first-order valence-corrected chi connectivity index (χ1v) is 6.67. The summed E-state index contributed by atoms with van der Waals surface area (Å²) < 4.78 is 6.64. The summed E-state index contributed by atoms with van der Waals surface area (Å²) in [6.07, 6.45) is 1.71. The van der Waals surface area contributed by atoms with Crippen molar-refractivity contribution in [3.8, 4) is 5.75 Å². The van der Waals surface area contributed by atoms with E-state index in [0.717, 1.165) is 5.69 Å². The molecule has 8 heteroatoms. The monoisotopic (exact) mass is 309 g/mol. The second-order valence-corrected chi connectivity index (χ2v) is 4.77. The third-order valence-electron chi connectivity index (χ3n) is 2.69. The van der Waals surface area contributed by atoms with Gasteiger partial charge in [0.1, 0.15) is 12.3 Å². The Hall–Kier alpha value is -2.12. The van der Waals surface area contributed by atoms with E-state index < -0.39 is 0 Å². The maximum atomic E-state index is 12.0. The van der Waals surface area contributed by atoms with Gasteiger partial charge in [-0.25, -0.2) is 4.68 Å². The number of nitrogens with one attached hydrogen (secondary N) is 2. The molecule has 1 aromatic carbocycles. The van der Waals surface area contributed by atoms with Gasteiger partial charge in [0.2, 0.25) is 5.91 Å². The van der Waals surface area contributed by atoms with Crippen LogP contribution in [0.25, 0.3) is 0 Å². The highest BCUT2D eigenvalue weighted by molar-refractivity contribution is 6.31. The summed E-state index contributed by atoms with van der Waals surface area (Å²) in [4.78, 5) is 12.0. The molecule has 0 bridgehead atoms. The summed E-state index contributed by atoms with van der Waals surface area (Å²) in [7, 11) is 3.34. The topological polar surface area (TPSA) is 81.1 Å². The van der Waals surface area contributed by atoms with E-state index in [1.165, 1.54) is 11.8 Å². The zero-order valence-corrected chi connectivity index (χ0v) is 12.5. The Morgan fingerprint density at radius 3 is 3.00 bits per heavy atom. The Balaban J connectivity index is 2.02. The van der Waals surface area contributed by atoms with Crippen molar-refractivity contribution in [1.29, 1.82) is 0 Å². The third-order valence-corrected chi connectivity index (χ3v) is 2.92. The normalized spacial score (nSPS) is 10.4. The molecule has 0 atom stereocenters. The summed E-state index contributed by atoms with van der Waals surface area (Å²) in [6, 6.07) is 5.02. The summed E-state index contributed by atoms with van der Waals surface area (Å²) in [5, 5.41) is 14.0. The van der Waals surface area contributed by atoms with Gasteiger partial charge < -0.3 is 15.4 Å². The number of ether oxygens (including phenoxy) is 1. The maximum Gasteiger partial charge on any atom is 0.246 e. The van der Waals surface area contributed by atoms with Crippen LogP contribution in [0.3, 0.4) is 0 Å². The molecule has 2 aromatic rings. The van der Waals surface area contributed by atoms with Crippen LogP contribution in [-0.2, 0) is 17.9 Å². The summed E-state index contributed by atoms with van der Waals surface area (Å²) in [5.41, 5.74) is 1.29. The van der Waals surface area contributed by atoms with Gasteiger partial charge >= 0.3 is 0 Å². The van der Waals surface area contributed by atoms with Crippen LogP contribution in [0.4, 0.5) is 5.69 Å². The Morgan fingerprint density at radius 1 is 1.48 bits per heavy atom. The number of benzene rings is 1. The van der Waals surface area contributed by atoms with Crippen LogP contribution >= 0.6 is 11.6 Å². The number of carbonyl (C=O) groups excluding carboxylic acids is 1. The standard InChI is InChI=1S/C13H16ClN5O2/c1-15-6-10-7-19(18-17-10)8-13(20)16-11-5-9(14)3-4-12(11)21-2/h3-5,7,15H,6,8H2,1-2H3,(H,16,20). The highest BCUT2D eigenvalue weighted by Gasteiger charge is 2.10. The molecule has 21 heavy (non-hydrogen) atoms. The van der Waals surface area contributed by atoms with Crippen molar-refractivity contribution < 1.29 is 9.53 Å². The van der Waals surface area contributed by atoms with Gasteiger partial charge in [-0.3, -0.25) is 4.79 Å². The average molecular weight is 310 g/mol. The highest BCUT2D eigenvalue weighted by atomic mass is 35.5. The van der Waals surface area contributed by atoms with Gasteiger partial charge in [0.05, 0.1) is 24.7 Å². The van der Waals surface area contributed by atoms with Crippen molar-refractivity contribution in [2.45, 2.75) is 13.1 Å². The van der Waals surface area contributed by atoms with E-state index in [4.69, 9.17) is 16.3 Å². The lowest BCUT2D eigenvalue weighted by Crippen LogP contribution is -2.19. The minimum Gasteiger partial charge on any atom is -0.495 e. The lowest BCUT2D eigenvalue weighted by atomic mass is 10.3. The average Bonchev–Trinajstić information content (AvgIpc) is 2.86. The molecular weight excluding hydrogens is 294 g/mol. The number of amides is 1. The van der Waals surface area contributed by atoms with Gasteiger partial charge in [0.15, 0.2) is 0 Å². The Kier molecular flexibility index (Phi) is 5.13. The van der Waals surface area contributed by atoms with Crippen molar-refractivity contribution in [3.05, 3.63) is 35.1 Å². The number of anilines is 1. The van der Waals surface area contributed by atoms with E-state index in [0.29, 0.717) is 23.0 Å². The van der Waals surface area contributed by atoms with Gasteiger partial charge in [-0.15, -0.1) is 5.10 Å². The van der Waals surface area contributed by atoms with Crippen LogP contribution in [0.1, 0.15) is 5.69 Å². The maximum absolute atomic E-state index is 12.0. The van der Waals surface area contributed by atoms with Crippen molar-refractivity contribution >= 4 is 23.2 Å². The number of hydrogen-bond acceptors (Lipinski definition) is 5. The molecule has 1 amide bonds. The van der Waals surface area contributed by atoms with Crippen molar-refractivity contribution in [2.75, 3.05) is 19.5 Å². The first-order valence-electron chi connectivity index (χ1n) is 6.29. The number of aromatic nitrogens is 3. The quantitative estimate of drug-likeness (QED) is 0.840. The highest BCUT2D eigenvalue weighted by Crippen LogP contribution is 2.27. The Morgan fingerprint density at radius 2 is 2.29 bits per heavy atom. The van der Waals surface area contributed by atoms with Gasteiger partial charge in [-0.05, 0) is 25.2 Å². The number of nitrogens with zero attached hydrogens (tertiary/aromatic N) is 3. The second-order valence-electron chi connectivity index (χ2n) is 4.33. The van der Waals surface area contributed by atoms with Crippen LogP contribution in [0.5, 0.6) is 5.75 Å². The zero-order chi connectivity index (χ0) is 15.2. The van der Waals surface area contributed by atoms with Crippen LogP contribution in [0.2, 0.25) is 5.02 Å². The van der Waals surface area contributed by atoms with Gasteiger partial charge in [0.25, 0.3) is 0 Å². The molecule has 0 spiro atoms. The molecule has 0 saturated heterocycles. The van der Waals surface area contributed by atoms with E-state index >= 15 is 0 Å². The van der Waals surface area contributed by atoms with Crippen molar-refractivity contribution in [1.82, 2.24) is 20.3 Å². The Bertz CT molecular complexity index is 629. The molecule has 7 nitrogen and oxygen atoms in total. The summed E-state index contributed by atoms with van der Waals surface area (Å²) in [6.45, 7) is 0.663. The molecule has 0 aliphatic carbocycles. The number of hydrogen-bond donors (Lipinski definition) is 2. The van der Waals surface area contributed by atoms with Crippen LogP contribution in [0.15, 0.2) is 24.4 Å². The minimum atomic E-state index is -0.239. The fourth-order valence-corrected chi connectivity index (χ4v) is 1.96. The van der Waals surface area contributed by atoms with Gasteiger partial charge in [-0.2, -0.15) is 0 Å². The summed E-state index contributed by atoms with van der Waals surface area (Å²) in [5.74, 6) is 0.304. The fourth-order valence-electron chi connectivity index (χ4n) is 1.79. The van der Waals surface area contributed by atoms with Gasteiger partial charge in [-0.1, -0.05) is 16.8 Å². The number of rotatable bonds is 6. The molecule has 0 radical (unpaired) electrons. The van der Waals surface area contributed by atoms with E-state index in [-0.39, 0.29) is 12.5 Å². The predicted molar refractivity (Wildman–Crippen MR) is 79.4 cm³/mol. The van der Waals surface area contributed by atoms with Crippen LogP contribution < -0.4 is 15.4 Å². The van der Waals surface area contributed by atoms with E-state index in [2.05, 4.69) is 20.9 Å². The first-order chi connectivity index (χ1) is 10.1. The lowest BCUT2D eigenvalue weighted by Gasteiger charge is -2.10. The predicted octanol–water partition coefficient (Wildman–Crippen LogP) is 1.30. The SMILES string of the molecule is CNCc1cn(CC(=O)Nc2cc(Cl)ccc2OC)nn1. The molecule has 1 aromatic heterocycles.